The van der Waals surface area contributed by atoms with Crippen LogP contribution in [-0.2, 0) is 12.4 Å². The summed E-state index contributed by atoms with van der Waals surface area (Å²) in [5, 5.41) is -0.387. The topological polar surface area (TPSA) is 0 Å². The van der Waals surface area contributed by atoms with Gasteiger partial charge in [0.2, 0.25) is 0 Å². The summed E-state index contributed by atoms with van der Waals surface area (Å²) in [5.41, 5.74) is -3.63. The molecule has 0 N–H and O–H groups in total. The molecule has 0 unspecified atom stereocenters. The smallest absolute Gasteiger partial charge is 0.166 e. The summed E-state index contributed by atoms with van der Waals surface area (Å²) in [5.74, 6) is 0. The van der Waals surface area contributed by atoms with Crippen LogP contribution in [0.5, 0.6) is 0 Å². The molecule has 0 aromatic heterocycles. The maximum absolute atomic E-state index is 13.0. The molecule has 0 nitrogen and oxygen atoms in total. The molecule has 7 heteroatoms. The van der Waals surface area contributed by atoms with Gasteiger partial charge >= 0.3 is 12.4 Å². The molecule has 0 amide bonds. The number of hydrogen-bond donors (Lipinski definition) is 0. The third-order valence-electron chi connectivity index (χ3n) is 2.82. The Morgan fingerprint density at radius 2 is 1.19 bits per heavy atom. The third kappa shape index (κ3) is 3.15. The lowest BCUT2D eigenvalue weighted by atomic mass is 9.94. The number of benzene rings is 2. The van der Waals surface area contributed by atoms with Gasteiger partial charge in [0, 0.05) is 10.6 Å². The first-order valence-corrected chi connectivity index (χ1v) is 6.02. The maximum atomic E-state index is 13.0. The Balaban J connectivity index is 2.81. The van der Waals surface area contributed by atoms with Crippen molar-refractivity contribution in [2.24, 2.45) is 0 Å². The molecule has 0 fully saturated rings. The highest BCUT2D eigenvalue weighted by atomic mass is 35.5. The van der Waals surface area contributed by atoms with Gasteiger partial charge in [-0.3, -0.25) is 0 Å². The Hall–Kier alpha value is -1.69. The molecule has 0 atom stereocenters. The first kappa shape index (κ1) is 15.7. The number of alkyl halides is 6. The first-order valence-electron chi connectivity index (χ1n) is 5.64. The molecule has 0 heterocycles. The average molecular weight is 325 g/mol. The Morgan fingerprint density at radius 1 is 0.667 bits per heavy atom. The van der Waals surface area contributed by atoms with Crippen LogP contribution in [0.25, 0.3) is 11.1 Å². The van der Waals surface area contributed by atoms with Crippen LogP contribution in [-0.4, -0.2) is 0 Å². The molecule has 0 spiro atoms. The lowest BCUT2D eigenvalue weighted by Crippen LogP contribution is -2.11. The molecule has 0 bridgehead atoms. The number of rotatable bonds is 1. The van der Waals surface area contributed by atoms with Gasteiger partial charge in [0.05, 0.1) is 11.1 Å². The lowest BCUT2D eigenvalue weighted by Gasteiger charge is -2.18. The summed E-state index contributed by atoms with van der Waals surface area (Å²) >= 11 is 5.72. The van der Waals surface area contributed by atoms with Crippen molar-refractivity contribution in [2.75, 3.05) is 0 Å². The van der Waals surface area contributed by atoms with E-state index >= 15 is 0 Å². The van der Waals surface area contributed by atoms with Gasteiger partial charge in [-0.25, -0.2) is 0 Å². The third-order valence-corrected chi connectivity index (χ3v) is 3.14. The Bertz CT molecular complexity index is 657. The predicted octanol–water partition coefficient (Wildman–Crippen LogP) is 6.04. The largest absolute Gasteiger partial charge is 0.417 e. The minimum atomic E-state index is -4.81. The molecular formula is C14H7ClF6. The average Bonchev–Trinajstić information content (AvgIpc) is 2.36. The monoisotopic (exact) mass is 324 g/mol. The molecule has 0 saturated carbocycles. The van der Waals surface area contributed by atoms with Crippen molar-refractivity contribution in [3.05, 3.63) is 58.6 Å². The van der Waals surface area contributed by atoms with E-state index < -0.39 is 34.6 Å². The highest BCUT2D eigenvalue weighted by Gasteiger charge is 2.38. The van der Waals surface area contributed by atoms with Crippen LogP contribution in [0.3, 0.4) is 0 Å². The fourth-order valence-electron chi connectivity index (χ4n) is 1.98. The van der Waals surface area contributed by atoms with Gasteiger partial charge in [-0.15, -0.1) is 0 Å². The van der Waals surface area contributed by atoms with Crippen LogP contribution < -0.4 is 0 Å². The SMILES string of the molecule is FC(F)(F)c1ccccc1-c1c(Cl)cccc1C(F)(F)F. The van der Waals surface area contributed by atoms with Crippen LogP contribution in [0.4, 0.5) is 26.3 Å². The summed E-state index contributed by atoms with van der Waals surface area (Å²) in [7, 11) is 0. The minimum absolute atomic E-state index is 0.387. The van der Waals surface area contributed by atoms with E-state index in [4.69, 9.17) is 11.6 Å². The van der Waals surface area contributed by atoms with E-state index in [1.807, 2.05) is 0 Å². The van der Waals surface area contributed by atoms with Crippen LogP contribution >= 0.6 is 11.6 Å². The molecule has 2 rings (SSSR count). The molecule has 0 aliphatic heterocycles. The van der Waals surface area contributed by atoms with E-state index in [2.05, 4.69) is 0 Å². The molecule has 2 aromatic carbocycles. The Kier molecular flexibility index (Phi) is 3.93. The van der Waals surface area contributed by atoms with E-state index in [0.717, 1.165) is 30.3 Å². The summed E-state index contributed by atoms with van der Waals surface area (Å²) in [4.78, 5) is 0. The molecule has 0 aliphatic rings. The van der Waals surface area contributed by atoms with Gasteiger partial charge in [0.25, 0.3) is 0 Å². The predicted molar refractivity (Wildman–Crippen MR) is 66.9 cm³/mol. The summed E-state index contributed by atoms with van der Waals surface area (Å²) in [6.07, 6.45) is -9.59. The molecule has 0 aliphatic carbocycles. The highest BCUT2D eigenvalue weighted by molar-refractivity contribution is 6.33. The zero-order valence-electron chi connectivity index (χ0n) is 10.2. The van der Waals surface area contributed by atoms with Crippen LogP contribution in [0, 0.1) is 0 Å². The fourth-order valence-corrected chi connectivity index (χ4v) is 2.26. The molecule has 2 aromatic rings. The van der Waals surface area contributed by atoms with E-state index in [9.17, 15) is 26.3 Å². The zero-order chi connectivity index (χ0) is 15.8. The van der Waals surface area contributed by atoms with Crippen molar-refractivity contribution in [1.29, 1.82) is 0 Å². The maximum Gasteiger partial charge on any atom is 0.417 e. The van der Waals surface area contributed by atoms with Crippen molar-refractivity contribution in [3.63, 3.8) is 0 Å². The quantitative estimate of drug-likeness (QED) is 0.561. The van der Waals surface area contributed by atoms with Gasteiger partial charge in [-0.2, -0.15) is 26.3 Å². The van der Waals surface area contributed by atoms with Crippen molar-refractivity contribution >= 4 is 11.6 Å². The highest BCUT2D eigenvalue weighted by Crippen LogP contribution is 2.45. The molecule has 0 saturated heterocycles. The van der Waals surface area contributed by atoms with Gasteiger partial charge in [-0.05, 0) is 23.8 Å². The van der Waals surface area contributed by atoms with Crippen LogP contribution in [0.1, 0.15) is 11.1 Å². The summed E-state index contributed by atoms with van der Waals surface area (Å²) < 4.78 is 77.9. The normalized spacial score (nSPS) is 12.5. The lowest BCUT2D eigenvalue weighted by molar-refractivity contribution is -0.139. The van der Waals surface area contributed by atoms with Gasteiger partial charge in [0.1, 0.15) is 0 Å². The molecular weight excluding hydrogens is 318 g/mol. The molecule has 0 radical (unpaired) electrons. The first-order chi connectivity index (χ1) is 9.62. The van der Waals surface area contributed by atoms with E-state index in [1.165, 1.54) is 6.07 Å². The Morgan fingerprint density at radius 3 is 1.76 bits per heavy atom. The standard InChI is InChI=1S/C14H7ClF6/c15-11-7-3-6-10(14(19,20)21)12(11)8-4-1-2-5-9(8)13(16,17)18/h1-7H. The van der Waals surface area contributed by atoms with Crippen molar-refractivity contribution < 1.29 is 26.3 Å². The van der Waals surface area contributed by atoms with Crippen molar-refractivity contribution in [1.82, 2.24) is 0 Å². The second-order valence-electron chi connectivity index (χ2n) is 4.20. The molecule has 21 heavy (non-hydrogen) atoms. The van der Waals surface area contributed by atoms with Crippen LogP contribution in [0.15, 0.2) is 42.5 Å². The van der Waals surface area contributed by atoms with E-state index in [1.54, 1.807) is 0 Å². The van der Waals surface area contributed by atoms with Gasteiger partial charge in [-0.1, -0.05) is 35.9 Å². The second-order valence-corrected chi connectivity index (χ2v) is 4.61. The van der Waals surface area contributed by atoms with E-state index in [-0.39, 0.29) is 5.02 Å². The van der Waals surface area contributed by atoms with Crippen LogP contribution in [0.2, 0.25) is 5.02 Å². The minimum Gasteiger partial charge on any atom is -0.166 e. The summed E-state index contributed by atoms with van der Waals surface area (Å²) in [6.45, 7) is 0. The fraction of sp³-hybridized carbons (Fsp3) is 0.143. The Labute approximate surface area is 121 Å². The van der Waals surface area contributed by atoms with Crippen molar-refractivity contribution in [2.45, 2.75) is 12.4 Å². The van der Waals surface area contributed by atoms with Crippen molar-refractivity contribution in [3.8, 4) is 11.1 Å². The zero-order valence-corrected chi connectivity index (χ0v) is 10.9. The number of hydrogen-bond acceptors (Lipinski definition) is 0. The number of halogens is 7. The molecule has 112 valence electrons. The van der Waals surface area contributed by atoms with Gasteiger partial charge in [0.15, 0.2) is 0 Å². The summed E-state index contributed by atoms with van der Waals surface area (Å²) in [6, 6.07) is 6.90. The van der Waals surface area contributed by atoms with Gasteiger partial charge < -0.3 is 0 Å². The van der Waals surface area contributed by atoms with E-state index in [0.29, 0.717) is 6.07 Å². The second kappa shape index (κ2) is 5.26.